The zero-order valence-electron chi connectivity index (χ0n) is 14.3. The Morgan fingerprint density at radius 2 is 2.28 bits per heavy atom. The fourth-order valence-corrected chi connectivity index (χ4v) is 3.61. The molecular formula is C18H22N4O3. The summed E-state index contributed by atoms with van der Waals surface area (Å²) >= 11 is 0. The Morgan fingerprint density at radius 1 is 1.40 bits per heavy atom. The maximum absolute atomic E-state index is 12.5. The van der Waals surface area contributed by atoms with Gasteiger partial charge in [-0.15, -0.1) is 0 Å². The van der Waals surface area contributed by atoms with Crippen LogP contribution in [-0.2, 0) is 37.8 Å². The van der Waals surface area contributed by atoms with E-state index < -0.39 is 0 Å². The fourth-order valence-electron chi connectivity index (χ4n) is 3.61. The molecule has 0 aliphatic carbocycles. The van der Waals surface area contributed by atoms with Gasteiger partial charge in [0.2, 0.25) is 5.91 Å². The Bertz CT molecular complexity index is 868. The van der Waals surface area contributed by atoms with Crippen molar-refractivity contribution >= 4 is 5.91 Å². The largest absolute Gasteiger partial charge is 0.493 e. The normalized spacial score (nSPS) is 18.8. The number of rotatable bonds is 3. The second-order valence-electron chi connectivity index (χ2n) is 6.78. The number of fused-ring (bicyclic) bond motifs is 2. The van der Waals surface area contributed by atoms with Crippen LogP contribution in [0.15, 0.2) is 23.0 Å². The molecule has 0 saturated carbocycles. The van der Waals surface area contributed by atoms with E-state index in [1.54, 1.807) is 11.6 Å². The lowest BCUT2D eigenvalue weighted by Crippen LogP contribution is -2.38. The van der Waals surface area contributed by atoms with Crippen molar-refractivity contribution in [3.8, 4) is 5.75 Å². The molecule has 1 aromatic carbocycles. The highest BCUT2D eigenvalue weighted by Gasteiger charge is 2.27. The highest BCUT2D eigenvalue weighted by atomic mass is 16.5. The molecule has 132 valence electrons. The van der Waals surface area contributed by atoms with Crippen LogP contribution in [0.3, 0.4) is 0 Å². The Hall–Kier alpha value is -2.57. The van der Waals surface area contributed by atoms with Gasteiger partial charge < -0.3 is 10.1 Å². The number of carbonyl (C=O) groups is 1. The molecule has 0 spiro atoms. The van der Waals surface area contributed by atoms with Gasteiger partial charge in [0.15, 0.2) is 0 Å². The number of aromatic nitrogens is 3. The molecule has 2 aliphatic rings. The highest BCUT2D eigenvalue weighted by Crippen LogP contribution is 2.25. The van der Waals surface area contributed by atoms with Crippen LogP contribution in [-0.4, -0.2) is 26.9 Å². The van der Waals surface area contributed by atoms with E-state index in [0.29, 0.717) is 19.5 Å². The van der Waals surface area contributed by atoms with E-state index in [1.165, 1.54) is 10.2 Å². The Balaban J connectivity index is 1.40. The molecule has 1 N–H and O–H groups in total. The van der Waals surface area contributed by atoms with Gasteiger partial charge in [0.25, 0.3) is 0 Å². The lowest BCUT2D eigenvalue weighted by atomic mass is 9.98. The first-order chi connectivity index (χ1) is 12.1. The second-order valence-corrected chi connectivity index (χ2v) is 6.78. The van der Waals surface area contributed by atoms with Gasteiger partial charge in [-0.1, -0.05) is 12.1 Å². The molecule has 0 unspecified atom stereocenters. The van der Waals surface area contributed by atoms with Crippen molar-refractivity contribution in [2.75, 3.05) is 6.61 Å². The predicted molar refractivity (Wildman–Crippen MR) is 91.4 cm³/mol. The van der Waals surface area contributed by atoms with E-state index in [-0.39, 0.29) is 17.5 Å². The molecule has 2 aromatic rings. The van der Waals surface area contributed by atoms with Crippen molar-refractivity contribution in [1.29, 1.82) is 0 Å². The van der Waals surface area contributed by atoms with Crippen molar-refractivity contribution in [3.63, 3.8) is 0 Å². The number of benzene rings is 1. The summed E-state index contributed by atoms with van der Waals surface area (Å²) in [6.07, 6.45) is 3.43. The average Bonchev–Trinajstić information content (AvgIpc) is 2.93. The van der Waals surface area contributed by atoms with E-state index in [1.807, 2.05) is 12.1 Å². The number of hydrogen-bond donors (Lipinski definition) is 1. The summed E-state index contributed by atoms with van der Waals surface area (Å²) in [5.41, 5.74) is 2.14. The Labute approximate surface area is 145 Å². The van der Waals surface area contributed by atoms with Crippen LogP contribution >= 0.6 is 0 Å². The molecule has 0 radical (unpaired) electrons. The minimum atomic E-state index is -0.185. The number of amides is 1. The van der Waals surface area contributed by atoms with Crippen molar-refractivity contribution in [1.82, 2.24) is 19.7 Å². The first-order valence-electron chi connectivity index (χ1n) is 8.77. The molecule has 1 aromatic heterocycles. The number of nitrogens with zero attached hydrogens (tertiary/aromatic N) is 3. The number of hydrogen-bond acceptors (Lipinski definition) is 4. The summed E-state index contributed by atoms with van der Waals surface area (Å²) in [4.78, 5) is 24.5. The minimum absolute atomic E-state index is 0.00428. The maximum atomic E-state index is 12.5. The van der Waals surface area contributed by atoms with Gasteiger partial charge in [0.1, 0.15) is 11.6 Å². The molecule has 0 bridgehead atoms. The number of ether oxygens (including phenoxy) is 1. The first-order valence-corrected chi connectivity index (χ1v) is 8.77. The zero-order valence-corrected chi connectivity index (χ0v) is 14.3. The summed E-state index contributed by atoms with van der Waals surface area (Å²) < 4.78 is 8.57. The van der Waals surface area contributed by atoms with Gasteiger partial charge in [-0.25, -0.2) is 9.48 Å². The molecule has 0 saturated heterocycles. The summed E-state index contributed by atoms with van der Waals surface area (Å²) in [6.45, 7) is 1.68. The van der Waals surface area contributed by atoms with Crippen molar-refractivity contribution in [2.24, 2.45) is 13.0 Å². The molecule has 7 heteroatoms. The van der Waals surface area contributed by atoms with Gasteiger partial charge in [-0.3, -0.25) is 9.36 Å². The van der Waals surface area contributed by atoms with Crippen LogP contribution in [0.4, 0.5) is 0 Å². The molecule has 3 heterocycles. The molecule has 7 nitrogen and oxygen atoms in total. The van der Waals surface area contributed by atoms with E-state index in [0.717, 1.165) is 43.0 Å². The first kappa shape index (κ1) is 15.9. The van der Waals surface area contributed by atoms with Crippen LogP contribution in [0, 0.1) is 5.92 Å². The van der Waals surface area contributed by atoms with Gasteiger partial charge in [0, 0.05) is 26.6 Å². The van der Waals surface area contributed by atoms with Gasteiger partial charge in [-0.2, -0.15) is 5.10 Å². The van der Waals surface area contributed by atoms with E-state index in [2.05, 4.69) is 16.5 Å². The molecular weight excluding hydrogens is 320 g/mol. The molecule has 25 heavy (non-hydrogen) atoms. The van der Waals surface area contributed by atoms with E-state index >= 15 is 0 Å². The second kappa shape index (κ2) is 6.38. The third kappa shape index (κ3) is 3.06. The van der Waals surface area contributed by atoms with Crippen molar-refractivity contribution in [2.45, 2.75) is 38.8 Å². The predicted octanol–water partition coefficient (Wildman–Crippen LogP) is 0.786. The third-order valence-electron chi connectivity index (χ3n) is 5.01. The molecule has 1 amide bonds. The lowest BCUT2D eigenvalue weighted by Gasteiger charge is -2.22. The molecule has 0 fully saturated rings. The third-order valence-corrected chi connectivity index (χ3v) is 5.01. The Morgan fingerprint density at radius 3 is 3.16 bits per heavy atom. The molecule has 1 atom stereocenters. The van der Waals surface area contributed by atoms with Gasteiger partial charge in [-0.05, 0) is 36.5 Å². The number of carbonyl (C=O) groups excluding carboxylic acids is 1. The van der Waals surface area contributed by atoms with Crippen LogP contribution in [0.1, 0.15) is 29.8 Å². The highest BCUT2D eigenvalue weighted by molar-refractivity contribution is 5.78. The fraction of sp³-hybridized carbons (Fsp3) is 0.500. The average molecular weight is 342 g/mol. The topological polar surface area (TPSA) is 78.2 Å². The van der Waals surface area contributed by atoms with Crippen LogP contribution in [0.25, 0.3) is 0 Å². The van der Waals surface area contributed by atoms with Crippen LogP contribution < -0.4 is 15.7 Å². The quantitative estimate of drug-likeness (QED) is 0.894. The summed E-state index contributed by atoms with van der Waals surface area (Å²) in [7, 11) is 1.64. The SMILES string of the molecule is Cn1nc2n(c1=O)C[C@H](C(=O)NCc1ccc3c(c1)CCCO3)CC2. The summed E-state index contributed by atoms with van der Waals surface area (Å²) in [6, 6.07) is 6.09. The maximum Gasteiger partial charge on any atom is 0.345 e. The lowest BCUT2D eigenvalue weighted by molar-refractivity contribution is -0.126. The van der Waals surface area contributed by atoms with Crippen molar-refractivity contribution < 1.29 is 9.53 Å². The van der Waals surface area contributed by atoms with Gasteiger partial charge in [0.05, 0.1) is 12.5 Å². The number of aryl methyl sites for hydroxylation is 3. The standard InChI is InChI=1S/C18H22N4O3/c1-21-18(24)22-11-14(5-7-16(22)20-21)17(23)19-10-12-4-6-15-13(9-12)3-2-8-25-15/h4,6,9,14H,2-3,5,7-8,10-11H2,1H3,(H,19,23)/t14-/m1/s1. The van der Waals surface area contributed by atoms with Gasteiger partial charge >= 0.3 is 5.69 Å². The zero-order chi connectivity index (χ0) is 17.4. The monoisotopic (exact) mass is 342 g/mol. The smallest absolute Gasteiger partial charge is 0.345 e. The number of nitrogens with one attached hydrogen (secondary N) is 1. The van der Waals surface area contributed by atoms with Crippen LogP contribution in [0.2, 0.25) is 0 Å². The van der Waals surface area contributed by atoms with E-state index in [9.17, 15) is 9.59 Å². The van der Waals surface area contributed by atoms with Crippen LogP contribution in [0.5, 0.6) is 5.75 Å². The minimum Gasteiger partial charge on any atom is -0.493 e. The Kier molecular flexibility index (Phi) is 4.07. The van der Waals surface area contributed by atoms with Crippen molar-refractivity contribution in [3.05, 3.63) is 45.6 Å². The molecule has 4 rings (SSSR count). The molecule has 2 aliphatic heterocycles. The summed E-state index contributed by atoms with van der Waals surface area (Å²) in [5.74, 6) is 1.54. The van der Waals surface area contributed by atoms with E-state index in [4.69, 9.17) is 4.74 Å². The summed E-state index contributed by atoms with van der Waals surface area (Å²) in [5, 5.41) is 7.21.